The Kier molecular flexibility index (Phi) is 4.51. The highest BCUT2D eigenvalue weighted by molar-refractivity contribution is 5.68. The third-order valence-electron chi connectivity index (χ3n) is 5.35. The molecule has 2 N–H and O–H groups in total. The standard InChI is InChI=1S/C18H23F2NO3/c19-18(20)8-6-16(7-9-18)11-17(12-16,13-22)21-15(23)24-10-14-4-2-1-3-5-14/h1-5,22H,6-13H2,(H,21,23). The Balaban J connectivity index is 1.50. The minimum absolute atomic E-state index is 0.104. The predicted octanol–water partition coefficient (Wildman–Crippen LogP) is 3.63. The number of hydrogen-bond donors (Lipinski definition) is 2. The molecule has 1 aromatic carbocycles. The van der Waals surface area contributed by atoms with Crippen LogP contribution in [-0.4, -0.2) is 29.3 Å². The fourth-order valence-corrected chi connectivity index (χ4v) is 4.10. The van der Waals surface area contributed by atoms with Gasteiger partial charge in [-0.15, -0.1) is 0 Å². The van der Waals surface area contributed by atoms with Gasteiger partial charge in [-0.3, -0.25) is 0 Å². The van der Waals surface area contributed by atoms with Crippen molar-refractivity contribution >= 4 is 6.09 Å². The number of rotatable bonds is 4. The predicted molar refractivity (Wildman–Crippen MR) is 84.7 cm³/mol. The lowest BCUT2D eigenvalue weighted by atomic mass is 9.52. The summed E-state index contributed by atoms with van der Waals surface area (Å²) in [6.07, 6.45) is 1.18. The maximum atomic E-state index is 13.3. The van der Waals surface area contributed by atoms with Crippen LogP contribution in [0.15, 0.2) is 30.3 Å². The zero-order chi connectivity index (χ0) is 17.3. The third-order valence-corrected chi connectivity index (χ3v) is 5.35. The second-order valence-electron chi connectivity index (χ2n) is 7.33. The normalized spacial score (nSPS) is 23.3. The topological polar surface area (TPSA) is 58.6 Å². The highest BCUT2D eigenvalue weighted by Gasteiger charge is 2.58. The van der Waals surface area contributed by atoms with Crippen molar-refractivity contribution in [2.45, 2.75) is 56.6 Å². The van der Waals surface area contributed by atoms with Crippen LogP contribution in [0.2, 0.25) is 0 Å². The van der Waals surface area contributed by atoms with Gasteiger partial charge >= 0.3 is 6.09 Å². The second-order valence-corrected chi connectivity index (χ2v) is 7.33. The summed E-state index contributed by atoms with van der Waals surface area (Å²) in [5, 5.41) is 12.4. The average Bonchev–Trinajstić information content (AvgIpc) is 2.54. The molecule has 2 aliphatic rings. The molecule has 6 heteroatoms. The summed E-state index contributed by atoms with van der Waals surface area (Å²) in [6, 6.07) is 9.32. The number of aliphatic hydroxyl groups excluding tert-OH is 1. The average molecular weight is 339 g/mol. The van der Waals surface area contributed by atoms with Gasteiger partial charge in [-0.2, -0.15) is 0 Å². The maximum Gasteiger partial charge on any atom is 0.407 e. The van der Waals surface area contributed by atoms with E-state index in [1.54, 1.807) is 0 Å². The van der Waals surface area contributed by atoms with Crippen LogP contribution in [0.25, 0.3) is 0 Å². The van der Waals surface area contributed by atoms with Crippen molar-refractivity contribution in [2.75, 3.05) is 6.61 Å². The van der Waals surface area contributed by atoms with Gasteiger partial charge in [-0.05, 0) is 36.7 Å². The molecule has 0 atom stereocenters. The summed E-state index contributed by atoms with van der Waals surface area (Å²) >= 11 is 0. The van der Waals surface area contributed by atoms with Crippen molar-refractivity contribution in [3.05, 3.63) is 35.9 Å². The lowest BCUT2D eigenvalue weighted by molar-refractivity contribution is -0.122. The van der Waals surface area contributed by atoms with Gasteiger partial charge in [0, 0.05) is 12.8 Å². The van der Waals surface area contributed by atoms with Gasteiger partial charge < -0.3 is 15.2 Å². The largest absolute Gasteiger partial charge is 0.445 e. The monoisotopic (exact) mass is 339 g/mol. The number of amides is 1. The quantitative estimate of drug-likeness (QED) is 0.881. The molecule has 0 heterocycles. The number of halogens is 2. The molecular formula is C18H23F2NO3. The molecule has 24 heavy (non-hydrogen) atoms. The van der Waals surface area contributed by atoms with E-state index in [1.807, 2.05) is 30.3 Å². The molecule has 0 radical (unpaired) electrons. The first-order valence-electron chi connectivity index (χ1n) is 8.34. The molecule has 3 rings (SSSR count). The molecule has 2 saturated carbocycles. The van der Waals surface area contributed by atoms with Crippen molar-refractivity contribution in [1.29, 1.82) is 0 Å². The van der Waals surface area contributed by atoms with Crippen LogP contribution in [-0.2, 0) is 11.3 Å². The lowest BCUT2D eigenvalue weighted by Crippen LogP contribution is -2.65. The summed E-state index contributed by atoms with van der Waals surface area (Å²) in [5.74, 6) is -2.56. The van der Waals surface area contributed by atoms with E-state index < -0.39 is 17.6 Å². The molecule has 1 amide bonds. The lowest BCUT2D eigenvalue weighted by Gasteiger charge is -2.58. The number of carbonyl (C=O) groups is 1. The molecule has 0 aliphatic heterocycles. The summed E-state index contributed by atoms with van der Waals surface area (Å²) < 4.78 is 31.8. The van der Waals surface area contributed by atoms with E-state index in [-0.39, 0.29) is 31.5 Å². The fraction of sp³-hybridized carbons (Fsp3) is 0.611. The number of carbonyl (C=O) groups excluding carboxylic acids is 1. The van der Waals surface area contributed by atoms with Crippen LogP contribution < -0.4 is 5.32 Å². The number of aliphatic hydroxyl groups is 1. The first kappa shape index (κ1) is 17.1. The first-order valence-corrected chi connectivity index (χ1v) is 8.34. The number of ether oxygens (including phenoxy) is 1. The number of benzene rings is 1. The molecule has 132 valence electrons. The van der Waals surface area contributed by atoms with E-state index in [9.17, 15) is 18.7 Å². The van der Waals surface area contributed by atoms with Gasteiger partial charge in [0.05, 0.1) is 12.1 Å². The summed E-state index contributed by atoms with van der Waals surface area (Å²) in [6.45, 7) is -0.0445. The van der Waals surface area contributed by atoms with Crippen molar-refractivity contribution in [2.24, 2.45) is 5.41 Å². The molecule has 0 bridgehead atoms. The number of nitrogens with one attached hydrogen (secondary N) is 1. The van der Waals surface area contributed by atoms with Crippen molar-refractivity contribution in [3.8, 4) is 0 Å². The smallest absolute Gasteiger partial charge is 0.407 e. The van der Waals surface area contributed by atoms with E-state index in [2.05, 4.69) is 5.32 Å². The van der Waals surface area contributed by atoms with Crippen LogP contribution >= 0.6 is 0 Å². The van der Waals surface area contributed by atoms with Gasteiger partial charge in [-0.1, -0.05) is 30.3 Å². The van der Waals surface area contributed by atoms with E-state index in [1.165, 1.54) is 0 Å². The molecule has 2 fully saturated rings. The van der Waals surface area contributed by atoms with E-state index in [4.69, 9.17) is 4.74 Å². The second kappa shape index (κ2) is 6.31. The molecule has 0 saturated heterocycles. The van der Waals surface area contributed by atoms with Crippen molar-refractivity contribution < 1.29 is 23.4 Å². The Hall–Kier alpha value is -1.69. The van der Waals surface area contributed by atoms with Crippen LogP contribution in [0.1, 0.15) is 44.1 Å². The van der Waals surface area contributed by atoms with Gasteiger partial charge in [0.15, 0.2) is 0 Å². The molecule has 4 nitrogen and oxygen atoms in total. The zero-order valence-corrected chi connectivity index (χ0v) is 13.6. The van der Waals surface area contributed by atoms with Gasteiger partial charge in [0.25, 0.3) is 0 Å². The van der Waals surface area contributed by atoms with Crippen molar-refractivity contribution in [1.82, 2.24) is 5.32 Å². The number of alkyl halides is 2. The molecule has 1 spiro atoms. The molecule has 2 aliphatic carbocycles. The van der Waals surface area contributed by atoms with E-state index >= 15 is 0 Å². The van der Waals surface area contributed by atoms with Crippen molar-refractivity contribution in [3.63, 3.8) is 0 Å². The van der Waals surface area contributed by atoms with Gasteiger partial charge in [0.2, 0.25) is 5.92 Å². The minimum Gasteiger partial charge on any atom is -0.445 e. The summed E-state index contributed by atoms with van der Waals surface area (Å²) in [4.78, 5) is 12.0. The SMILES string of the molecule is O=C(NC1(CO)CC2(CCC(F)(F)CC2)C1)OCc1ccccc1. The van der Waals surface area contributed by atoms with E-state index in [0.717, 1.165) is 5.56 Å². The molecule has 0 unspecified atom stereocenters. The van der Waals surface area contributed by atoms with Crippen LogP contribution in [0.3, 0.4) is 0 Å². The highest BCUT2D eigenvalue weighted by Crippen LogP contribution is 2.58. The van der Waals surface area contributed by atoms with Gasteiger partial charge in [0.1, 0.15) is 6.61 Å². The summed E-state index contributed by atoms with van der Waals surface area (Å²) in [5.41, 5.74) is -0.0253. The van der Waals surface area contributed by atoms with Crippen LogP contribution in [0, 0.1) is 5.41 Å². The Labute approximate surface area is 140 Å². The molecular weight excluding hydrogens is 316 g/mol. The number of hydrogen-bond acceptors (Lipinski definition) is 3. The van der Waals surface area contributed by atoms with E-state index in [0.29, 0.717) is 25.7 Å². The van der Waals surface area contributed by atoms with Gasteiger partial charge in [-0.25, -0.2) is 13.6 Å². The molecule has 0 aromatic heterocycles. The zero-order valence-electron chi connectivity index (χ0n) is 13.6. The fourth-order valence-electron chi connectivity index (χ4n) is 4.10. The highest BCUT2D eigenvalue weighted by atomic mass is 19.3. The maximum absolute atomic E-state index is 13.3. The molecule has 1 aromatic rings. The Morgan fingerprint density at radius 1 is 1.12 bits per heavy atom. The minimum atomic E-state index is -2.56. The van der Waals surface area contributed by atoms with Crippen LogP contribution in [0.4, 0.5) is 13.6 Å². The number of alkyl carbamates (subject to hydrolysis) is 1. The Morgan fingerprint density at radius 3 is 2.33 bits per heavy atom. The van der Waals surface area contributed by atoms with Crippen LogP contribution in [0.5, 0.6) is 0 Å². The first-order chi connectivity index (χ1) is 11.4. The third kappa shape index (κ3) is 3.69. The Morgan fingerprint density at radius 2 is 1.75 bits per heavy atom. The summed E-state index contributed by atoms with van der Waals surface area (Å²) in [7, 11) is 0. The Bertz CT molecular complexity index is 573.